The average molecular weight is 222 g/mol. The summed E-state index contributed by atoms with van der Waals surface area (Å²) in [5.41, 5.74) is 0. The first-order valence-electron chi connectivity index (χ1n) is 0.651. The monoisotopic (exact) mass is 223 g/mol. The molecule has 0 aliphatic carbocycles. The largest absolute Gasteiger partial charge is 2.00 e. The summed E-state index contributed by atoms with van der Waals surface area (Å²) in [7, 11) is 0. The van der Waals surface area contributed by atoms with Crippen molar-refractivity contribution in [1.82, 2.24) is 0 Å². The van der Waals surface area contributed by atoms with E-state index in [0.29, 0.717) is 0 Å². The minimum atomic E-state index is -1.83. The molecule has 0 radical (unpaired) electrons. The fourth-order valence-corrected chi connectivity index (χ4v) is 0. The maximum Gasteiger partial charge on any atom is 2.00 e. The number of hydrogen-bond donors (Lipinski definition) is 2. The van der Waals surface area contributed by atoms with Gasteiger partial charge in [0.2, 0.25) is 0 Å². The molecule has 2 N–H and O–H groups in total. The van der Waals surface area contributed by atoms with Gasteiger partial charge in [-0.3, -0.25) is 0 Å². The van der Waals surface area contributed by atoms with Crippen molar-refractivity contribution in [3.63, 3.8) is 0 Å². The molecule has 5 heteroatoms. The quantitative estimate of drug-likeness (QED) is 0.426. The molecule has 0 atom stereocenters. The van der Waals surface area contributed by atoms with Crippen LogP contribution in [-0.4, -0.2) is 65.2 Å². The summed E-state index contributed by atoms with van der Waals surface area (Å²) in [6.07, 6.45) is -1.83. The SMILES string of the molecule is O=C(O)O.[Ba+2].[Na+]. The molecule has 0 amide bonds. The van der Waals surface area contributed by atoms with Gasteiger partial charge in [-0.05, 0) is 0 Å². The maximum atomic E-state index is 8.56. The van der Waals surface area contributed by atoms with Gasteiger partial charge in [-0.1, -0.05) is 0 Å². The van der Waals surface area contributed by atoms with Crippen LogP contribution < -0.4 is 29.6 Å². The average Bonchev–Trinajstić information content (AvgIpc) is 0.811. The van der Waals surface area contributed by atoms with Crippen molar-refractivity contribution in [2.75, 3.05) is 0 Å². The summed E-state index contributed by atoms with van der Waals surface area (Å²) in [6, 6.07) is 0. The Bertz CT molecular complexity index is 33.8. The maximum absolute atomic E-state index is 8.56. The van der Waals surface area contributed by atoms with Crippen LogP contribution in [0.1, 0.15) is 0 Å². The molecule has 0 heterocycles. The molecule has 0 aromatic rings. The predicted molar refractivity (Wildman–Crippen MR) is 16.4 cm³/mol. The fourth-order valence-electron chi connectivity index (χ4n) is 0. The van der Waals surface area contributed by atoms with E-state index in [1.54, 1.807) is 0 Å². The Morgan fingerprint density at radius 1 is 1.33 bits per heavy atom. The van der Waals surface area contributed by atoms with Crippen molar-refractivity contribution in [3.8, 4) is 0 Å². The van der Waals surface area contributed by atoms with Gasteiger partial charge in [-0.2, -0.15) is 0 Å². The second-order valence-corrected chi connectivity index (χ2v) is 0.283. The summed E-state index contributed by atoms with van der Waals surface area (Å²) < 4.78 is 0. The van der Waals surface area contributed by atoms with Gasteiger partial charge in [0.25, 0.3) is 0 Å². The second-order valence-electron chi connectivity index (χ2n) is 0.283. The number of carbonyl (C=O) groups is 1. The van der Waals surface area contributed by atoms with E-state index in [0.717, 1.165) is 0 Å². The second kappa shape index (κ2) is 9.96. The van der Waals surface area contributed by atoms with Crippen LogP contribution in [0.2, 0.25) is 0 Å². The Morgan fingerprint density at radius 3 is 1.33 bits per heavy atom. The predicted octanol–water partition coefficient (Wildman–Crippen LogP) is -3.15. The van der Waals surface area contributed by atoms with Gasteiger partial charge in [-0.25, -0.2) is 4.79 Å². The third-order valence-electron chi connectivity index (χ3n) is 0. The summed E-state index contributed by atoms with van der Waals surface area (Å²) in [6.45, 7) is 0. The normalized spacial score (nSPS) is 4.00. The third-order valence-corrected chi connectivity index (χ3v) is 0. The molecule has 0 saturated heterocycles. The van der Waals surface area contributed by atoms with E-state index in [-0.39, 0.29) is 78.4 Å². The Hall–Kier alpha value is 1.84. The van der Waals surface area contributed by atoms with E-state index in [4.69, 9.17) is 15.0 Å². The zero-order valence-electron chi connectivity index (χ0n) is 3.51. The van der Waals surface area contributed by atoms with Crippen molar-refractivity contribution in [2.24, 2.45) is 0 Å². The molecule has 0 aromatic heterocycles. The molecule has 0 saturated carbocycles. The number of hydrogen-bond acceptors (Lipinski definition) is 1. The van der Waals surface area contributed by atoms with Crippen molar-refractivity contribution in [2.45, 2.75) is 0 Å². The molecular weight excluding hydrogens is 220 g/mol. The van der Waals surface area contributed by atoms with Crippen LogP contribution in [0.4, 0.5) is 4.79 Å². The molecule has 6 heavy (non-hydrogen) atoms. The van der Waals surface area contributed by atoms with Crippen LogP contribution in [0.3, 0.4) is 0 Å². The van der Waals surface area contributed by atoms with Gasteiger partial charge in [-0.15, -0.1) is 0 Å². The van der Waals surface area contributed by atoms with Crippen LogP contribution in [0, 0.1) is 0 Å². The van der Waals surface area contributed by atoms with E-state index in [9.17, 15) is 0 Å². The number of rotatable bonds is 0. The van der Waals surface area contributed by atoms with Crippen LogP contribution >= 0.6 is 0 Å². The third kappa shape index (κ3) is 40.4. The topological polar surface area (TPSA) is 57.5 Å². The van der Waals surface area contributed by atoms with Gasteiger partial charge in [0, 0.05) is 0 Å². The molecular formula is CH2BaNaO3+3. The molecule has 0 rings (SSSR count). The molecule has 0 aromatic carbocycles. The minimum Gasteiger partial charge on any atom is -0.450 e. The van der Waals surface area contributed by atoms with Crippen molar-refractivity contribution >= 4 is 55.0 Å². The molecule has 0 spiro atoms. The van der Waals surface area contributed by atoms with Crippen molar-refractivity contribution in [3.05, 3.63) is 0 Å². The van der Waals surface area contributed by atoms with Gasteiger partial charge < -0.3 is 10.2 Å². The van der Waals surface area contributed by atoms with Crippen LogP contribution in [0.25, 0.3) is 0 Å². The van der Waals surface area contributed by atoms with Crippen LogP contribution in [0.5, 0.6) is 0 Å². The van der Waals surface area contributed by atoms with Crippen molar-refractivity contribution in [1.29, 1.82) is 0 Å². The van der Waals surface area contributed by atoms with E-state index in [1.807, 2.05) is 0 Å². The van der Waals surface area contributed by atoms with Gasteiger partial charge >= 0.3 is 84.6 Å². The smallest absolute Gasteiger partial charge is 0.450 e. The van der Waals surface area contributed by atoms with E-state index < -0.39 is 6.16 Å². The van der Waals surface area contributed by atoms with Gasteiger partial charge in [0.1, 0.15) is 0 Å². The molecule has 0 aliphatic heterocycles. The van der Waals surface area contributed by atoms with Gasteiger partial charge in [0.15, 0.2) is 0 Å². The molecule has 0 fully saturated rings. The summed E-state index contributed by atoms with van der Waals surface area (Å²) in [5.74, 6) is 0. The first-order chi connectivity index (χ1) is 1.73. The van der Waals surface area contributed by atoms with E-state index in [1.165, 1.54) is 0 Å². The Morgan fingerprint density at radius 2 is 1.33 bits per heavy atom. The Kier molecular flexibility index (Phi) is 26.0. The zero-order valence-corrected chi connectivity index (χ0v) is 9.95. The van der Waals surface area contributed by atoms with E-state index >= 15 is 0 Å². The van der Waals surface area contributed by atoms with Gasteiger partial charge in [0.05, 0.1) is 0 Å². The number of carboxylic acid groups (broad SMARTS) is 2. The van der Waals surface area contributed by atoms with Crippen LogP contribution in [-0.2, 0) is 0 Å². The molecule has 0 bridgehead atoms. The molecule has 3 nitrogen and oxygen atoms in total. The Labute approximate surface area is 97.5 Å². The Balaban J connectivity index is -0.0000000450. The fraction of sp³-hybridized carbons (Fsp3) is 0. The summed E-state index contributed by atoms with van der Waals surface area (Å²) in [5, 5.41) is 13.9. The first-order valence-corrected chi connectivity index (χ1v) is 0.651. The molecule has 24 valence electrons. The zero-order chi connectivity index (χ0) is 3.58. The first kappa shape index (κ1) is 15.7. The minimum absolute atomic E-state index is 0. The van der Waals surface area contributed by atoms with Crippen LogP contribution in [0.15, 0.2) is 0 Å². The summed E-state index contributed by atoms with van der Waals surface area (Å²) >= 11 is 0. The molecule has 0 unspecified atom stereocenters. The summed E-state index contributed by atoms with van der Waals surface area (Å²) in [4.78, 5) is 8.56. The van der Waals surface area contributed by atoms with Crippen molar-refractivity contribution < 1.29 is 44.6 Å². The molecule has 0 aliphatic rings. The standard InChI is InChI=1S/CH2O3.Ba.Na/c2-1(3)4;;/h(H2,2,3,4);;/q;+2;+1. The van der Waals surface area contributed by atoms with E-state index in [2.05, 4.69) is 0 Å².